The molecule has 4 aromatic heterocycles. The largest absolute Gasteiger partial charge is 0.462 e. The molecule has 0 aliphatic carbocycles. The number of nitrogens with zero attached hydrogens (tertiary/aromatic N) is 5. The summed E-state index contributed by atoms with van der Waals surface area (Å²) in [6.07, 6.45) is 8.68. The van der Waals surface area contributed by atoms with Gasteiger partial charge >= 0.3 is 6.09 Å². The van der Waals surface area contributed by atoms with Crippen LogP contribution in [0.4, 0.5) is 10.6 Å². The molecule has 0 radical (unpaired) electrons. The molecule has 8 heteroatoms. The Balaban J connectivity index is 1.27. The highest BCUT2D eigenvalue weighted by Crippen LogP contribution is 2.31. The second-order valence-corrected chi connectivity index (χ2v) is 9.32. The number of hydrogen-bond acceptors (Lipinski definition) is 7. The highest BCUT2D eigenvalue weighted by molar-refractivity contribution is 5.92. The minimum atomic E-state index is -0.486. The molecule has 1 fully saturated rings. The summed E-state index contributed by atoms with van der Waals surface area (Å²) in [5.41, 5.74) is 4.94. The number of anilines is 1. The topological polar surface area (TPSA) is 84.6 Å². The molecule has 5 rings (SSSR count). The van der Waals surface area contributed by atoms with Crippen LogP contribution < -0.4 is 4.90 Å². The van der Waals surface area contributed by atoms with E-state index in [0.717, 1.165) is 39.2 Å². The van der Waals surface area contributed by atoms with E-state index in [0.29, 0.717) is 26.2 Å². The van der Waals surface area contributed by atoms with Gasteiger partial charge in [0, 0.05) is 67.7 Å². The quantitative estimate of drug-likeness (QED) is 0.428. The van der Waals surface area contributed by atoms with E-state index < -0.39 is 5.60 Å². The van der Waals surface area contributed by atoms with Crippen molar-refractivity contribution in [2.24, 2.45) is 0 Å². The monoisotopic (exact) mass is 457 g/mol. The molecule has 0 atom stereocenters. The molecule has 4 aromatic rings. The van der Waals surface area contributed by atoms with Crippen LogP contribution in [0, 0.1) is 0 Å². The van der Waals surface area contributed by atoms with E-state index in [-0.39, 0.29) is 6.09 Å². The van der Waals surface area contributed by atoms with Gasteiger partial charge in [0.25, 0.3) is 0 Å². The lowest BCUT2D eigenvalue weighted by atomic mass is 10.1. The highest BCUT2D eigenvalue weighted by atomic mass is 16.6. The minimum absolute atomic E-state index is 0.261. The van der Waals surface area contributed by atoms with Crippen molar-refractivity contribution in [1.29, 1.82) is 0 Å². The summed E-state index contributed by atoms with van der Waals surface area (Å²) in [5.74, 6) is 0.889. The summed E-state index contributed by atoms with van der Waals surface area (Å²) in [6, 6.07) is 9.92. The molecule has 1 aliphatic heterocycles. The summed E-state index contributed by atoms with van der Waals surface area (Å²) in [4.78, 5) is 29.6. The fraction of sp³-hybridized carbons (Fsp3) is 0.308. The molecule has 1 saturated heterocycles. The van der Waals surface area contributed by atoms with Crippen molar-refractivity contribution >= 4 is 23.0 Å². The lowest BCUT2D eigenvalue weighted by Crippen LogP contribution is -2.50. The number of amides is 1. The molecule has 1 amide bonds. The molecule has 0 N–H and O–H groups in total. The van der Waals surface area contributed by atoms with Gasteiger partial charge in [-0.3, -0.25) is 9.97 Å². The second kappa shape index (κ2) is 8.78. The van der Waals surface area contributed by atoms with Crippen molar-refractivity contribution in [3.05, 3.63) is 61.4 Å². The van der Waals surface area contributed by atoms with Gasteiger partial charge < -0.3 is 19.0 Å². The van der Waals surface area contributed by atoms with Crippen molar-refractivity contribution in [3.63, 3.8) is 0 Å². The molecule has 0 bridgehead atoms. The van der Waals surface area contributed by atoms with E-state index in [2.05, 4.69) is 19.9 Å². The number of carbonyl (C=O) groups excluding carboxylic acids is 1. The maximum absolute atomic E-state index is 12.3. The molecule has 1 aliphatic rings. The maximum atomic E-state index is 12.3. The van der Waals surface area contributed by atoms with Crippen LogP contribution in [0.1, 0.15) is 20.8 Å². The second-order valence-electron chi connectivity index (χ2n) is 9.32. The molecule has 34 heavy (non-hydrogen) atoms. The summed E-state index contributed by atoms with van der Waals surface area (Å²) >= 11 is 0. The molecule has 0 spiro atoms. The van der Waals surface area contributed by atoms with Crippen LogP contribution in [0.5, 0.6) is 0 Å². The van der Waals surface area contributed by atoms with E-state index in [1.54, 1.807) is 23.6 Å². The molecular formula is C26H27N5O3. The van der Waals surface area contributed by atoms with Gasteiger partial charge in [-0.1, -0.05) is 0 Å². The normalized spacial score (nSPS) is 14.4. The highest BCUT2D eigenvalue weighted by Gasteiger charge is 2.26. The van der Waals surface area contributed by atoms with Crippen molar-refractivity contribution in [3.8, 4) is 22.3 Å². The Kier molecular flexibility index (Phi) is 5.65. The van der Waals surface area contributed by atoms with Crippen molar-refractivity contribution in [2.75, 3.05) is 31.1 Å². The fourth-order valence-corrected chi connectivity index (χ4v) is 4.00. The van der Waals surface area contributed by atoms with Gasteiger partial charge in [0.2, 0.25) is 0 Å². The van der Waals surface area contributed by atoms with Crippen molar-refractivity contribution < 1.29 is 13.9 Å². The predicted octanol–water partition coefficient (Wildman–Crippen LogP) is 5.01. The Morgan fingerprint density at radius 2 is 1.68 bits per heavy atom. The number of aromatic nitrogens is 3. The Morgan fingerprint density at radius 3 is 2.35 bits per heavy atom. The van der Waals surface area contributed by atoms with Crippen LogP contribution in [0.15, 0.2) is 65.8 Å². The first-order valence-corrected chi connectivity index (χ1v) is 11.3. The zero-order valence-corrected chi connectivity index (χ0v) is 19.6. The van der Waals surface area contributed by atoms with Crippen LogP contribution in [0.25, 0.3) is 33.4 Å². The average molecular weight is 458 g/mol. The van der Waals surface area contributed by atoms with Gasteiger partial charge in [0.05, 0.1) is 0 Å². The molecule has 8 nitrogen and oxygen atoms in total. The first-order valence-electron chi connectivity index (χ1n) is 11.3. The first kappa shape index (κ1) is 21.9. The lowest BCUT2D eigenvalue weighted by molar-refractivity contribution is 0.0240. The third-order valence-corrected chi connectivity index (χ3v) is 5.74. The summed E-state index contributed by atoms with van der Waals surface area (Å²) in [6.45, 7) is 8.28. The van der Waals surface area contributed by atoms with Crippen molar-refractivity contribution in [2.45, 2.75) is 26.4 Å². The molecule has 174 valence electrons. The SMILES string of the molecule is CC(C)(C)OC(=O)N1CCN(c2ccc(-c3cnc4c(-c5ccncc5)coc4c3)cn2)CC1. The standard InChI is InChI=1S/C26H27N5O3/c1-26(2,3)34-25(32)31-12-10-30(11-13-31)23-5-4-19(15-28-23)20-14-22-24(29-16-20)21(17-33-22)18-6-8-27-9-7-18/h4-9,14-17H,10-13H2,1-3H3. The Bertz CT molecular complexity index is 1290. The predicted molar refractivity (Wildman–Crippen MR) is 130 cm³/mol. The summed E-state index contributed by atoms with van der Waals surface area (Å²) < 4.78 is 11.3. The Hall–Kier alpha value is -3.94. The number of fused-ring (bicyclic) bond motifs is 1. The number of rotatable bonds is 3. The van der Waals surface area contributed by atoms with Gasteiger partial charge in [-0.15, -0.1) is 0 Å². The zero-order valence-electron chi connectivity index (χ0n) is 19.6. The summed E-state index contributed by atoms with van der Waals surface area (Å²) in [5, 5.41) is 0. The first-order chi connectivity index (χ1) is 16.4. The number of hydrogen-bond donors (Lipinski definition) is 0. The van der Waals surface area contributed by atoms with Crippen LogP contribution in [0.2, 0.25) is 0 Å². The number of ether oxygens (including phenoxy) is 1. The Morgan fingerprint density at radius 1 is 0.941 bits per heavy atom. The third kappa shape index (κ3) is 4.57. The van der Waals surface area contributed by atoms with Crippen molar-refractivity contribution in [1.82, 2.24) is 19.9 Å². The van der Waals surface area contributed by atoms with Crippen LogP contribution in [0.3, 0.4) is 0 Å². The van der Waals surface area contributed by atoms with Gasteiger partial charge in [0.1, 0.15) is 23.2 Å². The molecule has 0 aromatic carbocycles. The summed E-state index contributed by atoms with van der Waals surface area (Å²) in [7, 11) is 0. The van der Waals surface area contributed by atoms with Crippen LogP contribution in [-0.2, 0) is 4.74 Å². The van der Waals surface area contributed by atoms with Gasteiger partial charge in [-0.05, 0) is 56.7 Å². The van der Waals surface area contributed by atoms with E-state index in [4.69, 9.17) is 9.15 Å². The van der Waals surface area contributed by atoms with Crippen LogP contribution in [-0.4, -0.2) is 57.7 Å². The zero-order chi connectivity index (χ0) is 23.7. The fourth-order valence-electron chi connectivity index (χ4n) is 4.00. The number of piperazine rings is 1. The molecule has 5 heterocycles. The number of carbonyl (C=O) groups is 1. The van der Waals surface area contributed by atoms with E-state index in [1.807, 2.05) is 63.5 Å². The van der Waals surface area contributed by atoms with E-state index >= 15 is 0 Å². The smallest absolute Gasteiger partial charge is 0.410 e. The molecule has 0 unspecified atom stereocenters. The maximum Gasteiger partial charge on any atom is 0.410 e. The van der Waals surface area contributed by atoms with Gasteiger partial charge in [0.15, 0.2) is 5.58 Å². The van der Waals surface area contributed by atoms with Gasteiger partial charge in [-0.25, -0.2) is 9.78 Å². The van der Waals surface area contributed by atoms with E-state index in [9.17, 15) is 4.79 Å². The molecule has 0 saturated carbocycles. The van der Waals surface area contributed by atoms with Gasteiger partial charge in [-0.2, -0.15) is 0 Å². The molecular weight excluding hydrogens is 430 g/mol. The lowest BCUT2D eigenvalue weighted by Gasteiger charge is -2.36. The van der Waals surface area contributed by atoms with E-state index in [1.165, 1.54) is 0 Å². The third-order valence-electron chi connectivity index (χ3n) is 5.74. The number of pyridine rings is 3. The number of furan rings is 1. The van der Waals surface area contributed by atoms with Crippen LogP contribution >= 0.6 is 0 Å². The minimum Gasteiger partial charge on any atom is -0.462 e. The average Bonchev–Trinajstić information content (AvgIpc) is 3.27. The Labute approximate surface area is 198 Å².